The number of amides is 2. The Hall–Kier alpha value is -2.28. The quantitative estimate of drug-likeness (QED) is 0.800. The van der Waals surface area contributed by atoms with Crippen molar-refractivity contribution >= 4 is 23.2 Å². The molecule has 1 saturated heterocycles. The first-order valence-electron chi connectivity index (χ1n) is 9.60. The highest BCUT2D eigenvalue weighted by Crippen LogP contribution is 2.27. The van der Waals surface area contributed by atoms with E-state index in [-0.39, 0.29) is 5.91 Å². The Bertz CT molecular complexity index is 834. The molecule has 0 saturated carbocycles. The van der Waals surface area contributed by atoms with E-state index in [9.17, 15) is 14.0 Å². The molecule has 3 rings (SSSR count). The number of nitrogens with one attached hydrogen (secondary N) is 1. The van der Waals surface area contributed by atoms with Crippen LogP contribution in [0.5, 0.6) is 0 Å². The number of carbonyl (C=O) groups excluding carboxylic acids is 2. The third kappa shape index (κ3) is 4.41. The summed E-state index contributed by atoms with van der Waals surface area (Å²) in [4.78, 5) is 31.7. The maximum Gasteiger partial charge on any atom is 0.258 e. The first-order chi connectivity index (χ1) is 13.4. The van der Waals surface area contributed by atoms with Gasteiger partial charge in [0, 0.05) is 13.1 Å². The van der Waals surface area contributed by atoms with Crippen LogP contribution in [0.3, 0.4) is 0 Å². The molecule has 0 spiro atoms. The van der Waals surface area contributed by atoms with Gasteiger partial charge in [-0.15, -0.1) is 11.3 Å². The molecule has 2 heterocycles. The predicted octanol–water partition coefficient (Wildman–Crippen LogP) is 3.72. The van der Waals surface area contributed by atoms with E-state index in [1.165, 1.54) is 4.90 Å². The molecule has 1 aliphatic rings. The first kappa shape index (κ1) is 20.5. The molecule has 0 bridgehead atoms. The van der Waals surface area contributed by atoms with Gasteiger partial charge in [0.1, 0.15) is 6.04 Å². The second kappa shape index (κ2) is 8.82. The van der Waals surface area contributed by atoms with Gasteiger partial charge in [-0.1, -0.05) is 38.1 Å². The normalized spacial score (nSPS) is 17.8. The highest BCUT2D eigenvalue weighted by Gasteiger charge is 2.37. The van der Waals surface area contributed by atoms with Crippen LogP contribution < -0.4 is 5.32 Å². The maximum atomic E-state index is 14.1. The van der Waals surface area contributed by atoms with Crippen molar-refractivity contribution in [3.63, 3.8) is 0 Å². The summed E-state index contributed by atoms with van der Waals surface area (Å²) < 4.78 is 14.1. The van der Waals surface area contributed by atoms with Gasteiger partial charge in [-0.25, -0.2) is 9.37 Å². The third-order valence-electron chi connectivity index (χ3n) is 5.09. The number of nitrogens with zero attached hydrogens (tertiary/aromatic N) is 2. The topological polar surface area (TPSA) is 62.3 Å². The number of halogens is 1. The number of thiazole rings is 1. The fourth-order valence-corrected chi connectivity index (χ4v) is 4.22. The van der Waals surface area contributed by atoms with Crippen LogP contribution in [0.25, 0.3) is 10.4 Å². The van der Waals surface area contributed by atoms with Crippen LogP contribution >= 0.6 is 11.3 Å². The average Bonchev–Trinajstić information content (AvgIpc) is 3.34. The summed E-state index contributed by atoms with van der Waals surface area (Å²) in [5.74, 6) is -1.18. The standard InChI is InChI=1S/C21H26FN3O2S/c1-13(2)18(22)21(27)25-10-4-5-17(25)20(26)23-11-15-6-8-16(9-7-15)19-14(3)24-12-28-19/h6-9,12-13,17-18H,4-5,10-11H2,1-3H3,(H,23,26). The maximum absolute atomic E-state index is 14.1. The number of carbonyl (C=O) groups is 2. The molecule has 150 valence electrons. The largest absolute Gasteiger partial charge is 0.350 e. The second-order valence-electron chi connectivity index (χ2n) is 7.52. The molecule has 1 aromatic heterocycles. The zero-order valence-corrected chi connectivity index (χ0v) is 17.3. The summed E-state index contributed by atoms with van der Waals surface area (Å²) in [6.45, 7) is 6.14. The highest BCUT2D eigenvalue weighted by molar-refractivity contribution is 7.13. The lowest BCUT2D eigenvalue weighted by molar-refractivity contribution is -0.143. The number of hydrogen-bond donors (Lipinski definition) is 1. The molecule has 1 aromatic carbocycles. The van der Waals surface area contributed by atoms with Crippen molar-refractivity contribution in [1.29, 1.82) is 0 Å². The minimum atomic E-state index is -1.56. The number of hydrogen-bond acceptors (Lipinski definition) is 4. The molecule has 2 aromatic rings. The van der Waals surface area contributed by atoms with E-state index >= 15 is 0 Å². The van der Waals surface area contributed by atoms with E-state index < -0.39 is 24.0 Å². The number of aryl methyl sites for hydroxylation is 1. The zero-order valence-electron chi connectivity index (χ0n) is 16.4. The Balaban J connectivity index is 1.59. The van der Waals surface area contributed by atoms with Gasteiger partial charge in [-0.2, -0.15) is 0 Å². The third-order valence-corrected chi connectivity index (χ3v) is 6.07. The number of rotatable bonds is 6. The SMILES string of the molecule is Cc1ncsc1-c1ccc(CNC(=O)C2CCCN2C(=O)C(F)C(C)C)cc1. The van der Waals surface area contributed by atoms with Crippen LogP contribution in [0.15, 0.2) is 29.8 Å². The van der Waals surface area contributed by atoms with Crippen LogP contribution in [-0.4, -0.2) is 40.5 Å². The van der Waals surface area contributed by atoms with Gasteiger partial charge >= 0.3 is 0 Å². The smallest absolute Gasteiger partial charge is 0.258 e. The Kier molecular flexibility index (Phi) is 6.44. The van der Waals surface area contributed by atoms with Crippen molar-refractivity contribution in [2.45, 2.75) is 52.4 Å². The molecule has 5 nitrogen and oxygen atoms in total. The number of alkyl halides is 1. The van der Waals surface area contributed by atoms with Crippen molar-refractivity contribution in [1.82, 2.24) is 15.2 Å². The minimum Gasteiger partial charge on any atom is -0.350 e. The first-order valence-corrected chi connectivity index (χ1v) is 10.5. The van der Waals surface area contributed by atoms with Crippen LogP contribution in [0.2, 0.25) is 0 Å². The molecule has 2 amide bonds. The van der Waals surface area contributed by atoms with Crippen molar-refractivity contribution in [3.8, 4) is 10.4 Å². The monoisotopic (exact) mass is 403 g/mol. The van der Waals surface area contributed by atoms with E-state index in [1.807, 2.05) is 36.7 Å². The lowest BCUT2D eigenvalue weighted by Crippen LogP contribution is -2.49. The minimum absolute atomic E-state index is 0.218. The van der Waals surface area contributed by atoms with E-state index in [0.29, 0.717) is 19.5 Å². The Morgan fingerprint density at radius 2 is 2.04 bits per heavy atom. The Morgan fingerprint density at radius 1 is 1.32 bits per heavy atom. The molecular weight excluding hydrogens is 377 g/mol. The van der Waals surface area contributed by atoms with Gasteiger partial charge in [0.15, 0.2) is 6.17 Å². The van der Waals surface area contributed by atoms with E-state index in [1.54, 1.807) is 25.2 Å². The van der Waals surface area contributed by atoms with Crippen molar-refractivity contribution in [2.24, 2.45) is 5.92 Å². The molecule has 1 aliphatic heterocycles. The molecule has 1 N–H and O–H groups in total. The van der Waals surface area contributed by atoms with E-state index in [4.69, 9.17) is 0 Å². The van der Waals surface area contributed by atoms with Gasteiger partial charge in [-0.3, -0.25) is 9.59 Å². The van der Waals surface area contributed by atoms with Crippen LogP contribution in [0, 0.1) is 12.8 Å². The lowest BCUT2D eigenvalue weighted by atomic mass is 10.1. The van der Waals surface area contributed by atoms with Crippen molar-refractivity contribution in [2.75, 3.05) is 6.54 Å². The second-order valence-corrected chi connectivity index (χ2v) is 8.37. The summed E-state index contributed by atoms with van der Waals surface area (Å²) in [6, 6.07) is 7.41. The lowest BCUT2D eigenvalue weighted by Gasteiger charge is -2.26. The average molecular weight is 404 g/mol. The summed E-state index contributed by atoms with van der Waals surface area (Å²) in [5, 5.41) is 2.89. The van der Waals surface area contributed by atoms with Gasteiger partial charge in [0.05, 0.1) is 16.1 Å². The van der Waals surface area contributed by atoms with Gasteiger partial charge in [0.25, 0.3) is 5.91 Å². The molecule has 2 atom stereocenters. The summed E-state index contributed by atoms with van der Waals surface area (Å²) >= 11 is 1.60. The zero-order chi connectivity index (χ0) is 20.3. The molecule has 2 unspecified atom stereocenters. The Morgan fingerprint density at radius 3 is 2.64 bits per heavy atom. The predicted molar refractivity (Wildman–Crippen MR) is 109 cm³/mol. The fourth-order valence-electron chi connectivity index (χ4n) is 3.41. The summed E-state index contributed by atoms with van der Waals surface area (Å²) in [7, 11) is 0. The van der Waals surface area contributed by atoms with Gasteiger partial charge in [0.2, 0.25) is 5.91 Å². The fraction of sp³-hybridized carbons (Fsp3) is 0.476. The Labute approximate surface area is 169 Å². The molecule has 7 heteroatoms. The van der Waals surface area contributed by atoms with Gasteiger partial charge in [-0.05, 0) is 36.8 Å². The molecule has 1 fully saturated rings. The number of benzene rings is 1. The molecular formula is C21H26FN3O2S. The van der Waals surface area contributed by atoms with E-state index in [2.05, 4.69) is 10.3 Å². The summed E-state index contributed by atoms with van der Waals surface area (Å²) in [5.41, 5.74) is 4.91. The van der Waals surface area contributed by atoms with Crippen molar-refractivity contribution < 1.29 is 14.0 Å². The number of aromatic nitrogens is 1. The highest BCUT2D eigenvalue weighted by atomic mass is 32.1. The molecule has 0 radical (unpaired) electrons. The molecule has 0 aliphatic carbocycles. The summed E-state index contributed by atoms with van der Waals surface area (Å²) in [6.07, 6.45) is -0.264. The van der Waals surface area contributed by atoms with Crippen LogP contribution in [0.4, 0.5) is 4.39 Å². The van der Waals surface area contributed by atoms with Crippen LogP contribution in [-0.2, 0) is 16.1 Å². The van der Waals surface area contributed by atoms with Crippen molar-refractivity contribution in [3.05, 3.63) is 41.0 Å². The molecule has 28 heavy (non-hydrogen) atoms. The van der Waals surface area contributed by atoms with E-state index in [0.717, 1.165) is 28.1 Å². The van der Waals surface area contributed by atoms with Crippen LogP contribution in [0.1, 0.15) is 37.9 Å². The van der Waals surface area contributed by atoms with Gasteiger partial charge < -0.3 is 10.2 Å². The number of likely N-dealkylation sites (tertiary alicyclic amines) is 1.